The van der Waals surface area contributed by atoms with Crippen molar-refractivity contribution in [1.82, 2.24) is 4.90 Å². The smallest absolute Gasteiger partial charge is 0.261 e. The van der Waals surface area contributed by atoms with Crippen molar-refractivity contribution in [3.05, 3.63) is 0 Å². The number of hydrogen-bond acceptors (Lipinski definition) is 1. The Morgan fingerprint density at radius 3 is 2.62 bits per heavy atom. The molecule has 0 N–H and O–H groups in total. The molecule has 1 nitrogen and oxygen atoms in total. The summed E-state index contributed by atoms with van der Waals surface area (Å²) in [5.41, 5.74) is 0. The first kappa shape index (κ1) is 10.9. The summed E-state index contributed by atoms with van der Waals surface area (Å²) < 4.78 is 25.6. The van der Waals surface area contributed by atoms with Crippen molar-refractivity contribution in [2.75, 3.05) is 19.6 Å². The zero-order valence-corrected chi connectivity index (χ0v) is 8.52. The Labute approximate surface area is 79.1 Å². The second-order valence-corrected chi connectivity index (χ2v) is 4.23. The van der Waals surface area contributed by atoms with Gasteiger partial charge in [-0.25, -0.2) is 8.78 Å². The Kier molecular flexibility index (Phi) is 3.65. The van der Waals surface area contributed by atoms with E-state index < -0.39 is 5.92 Å². The maximum atomic E-state index is 12.8. The van der Waals surface area contributed by atoms with Gasteiger partial charge in [0, 0.05) is 19.5 Å². The molecule has 1 aliphatic rings. The number of rotatable bonds is 4. The minimum atomic E-state index is -2.42. The molecule has 1 rings (SSSR count). The van der Waals surface area contributed by atoms with E-state index in [1.807, 2.05) is 4.90 Å². The highest BCUT2D eigenvalue weighted by atomic mass is 19.3. The molecule has 1 heterocycles. The van der Waals surface area contributed by atoms with Crippen LogP contribution in [0.2, 0.25) is 0 Å². The molecule has 3 heteroatoms. The van der Waals surface area contributed by atoms with Gasteiger partial charge in [0.25, 0.3) is 5.92 Å². The molecule has 0 aromatic heterocycles. The molecule has 13 heavy (non-hydrogen) atoms. The molecule has 1 unspecified atom stereocenters. The van der Waals surface area contributed by atoms with Crippen LogP contribution < -0.4 is 0 Å². The zero-order valence-electron chi connectivity index (χ0n) is 8.52. The topological polar surface area (TPSA) is 3.24 Å². The van der Waals surface area contributed by atoms with E-state index in [1.54, 1.807) is 0 Å². The SMILES string of the molecule is CCCC(C)CN1CCC(F)(F)C1. The Morgan fingerprint density at radius 1 is 1.46 bits per heavy atom. The molecule has 0 aromatic carbocycles. The second kappa shape index (κ2) is 4.36. The first-order valence-electron chi connectivity index (χ1n) is 5.13. The van der Waals surface area contributed by atoms with Crippen molar-refractivity contribution in [2.24, 2.45) is 5.92 Å². The van der Waals surface area contributed by atoms with E-state index in [4.69, 9.17) is 0 Å². The lowest BCUT2D eigenvalue weighted by atomic mass is 10.1. The van der Waals surface area contributed by atoms with E-state index >= 15 is 0 Å². The molecule has 0 bridgehead atoms. The second-order valence-electron chi connectivity index (χ2n) is 4.23. The van der Waals surface area contributed by atoms with E-state index in [9.17, 15) is 8.78 Å². The van der Waals surface area contributed by atoms with Crippen LogP contribution in [0.5, 0.6) is 0 Å². The van der Waals surface area contributed by atoms with Crippen molar-refractivity contribution in [1.29, 1.82) is 0 Å². The minimum Gasteiger partial charge on any atom is -0.297 e. The standard InChI is InChI=1S/C10H19F2N/c1-3-4-9(2)7-13-6-5-10(11,12)8-13/h9H,3-8H2,1-2H3. The van der Waals surface area contributed by atoms with Crippen molar-refractivity contribution >= 4 is 0 Å². The molecule has 1 atom stereocenters. The maximum absolute atomic E-state index is 12.8. The lowest BCUT2D eigenvalue weighted by molar-refractivity contribution is 0.0110. The van der Waals surface area contributed by atoms with Gasteiger partial charge in [-0.15, -0.1) is 0 Å². The van der Waals surface area contributed by atoms with Gasteiger partial charge >= 0.3 is 0 Å². The average molecular weight is 191 g/mol. The largest absolute Gasteiger partial charge is 0.297 e. The predicted molar refractivity (Wildman–Crippen MR) is 50.1 cm³/mol. The molecule has 1 fully saturated rings. The van der Waals surface area contributed by atoms with Crippen LogP contribution in [0.3, 0.4) is 0 Å². The Hall–Kier alpha value is -0.180. The Balaban J connectivity index is 2.24. The van der Waals surface area contributed by atoms with Gasteiger partial charge in [-0.05, 0) is 12.3 Å². The number of alkyl halides is 2. The molecular formula is C10H19F2N. The van der Waals surface area contributed by atoms with Crippen molar-refractivity contribution in [3.63, 3.8) is 0 Å². The van der Waals surface area contributed by atoms with E-state index in [2.05, 4.69) is 13.8 Å². The lowest BCUT2D eigenvalue weighted by Gasteiger charge is -2.19. The van der Waals surface area contributed by atoms with Crippen LogP contribution in [-0.2, 0) is 0 Å². The van der Waals surface area contributed by atoms with Crippen molar-refractivity contribution in [3.8, 4) is 0 Å². The maximum Gasteiger partial charge on any atom is 0.261 e. The fourth-order valence-electron chi connectivity index (χ4n) is 1.99. The average Bonchev–Trinajstić information content (AvgIpc) is 2.30. The van der Waals surface area contributed by atoms with Crippen molar-refractivity contribution in [2.45, 2.75) is 39.0 Å². The molecule has 0 aromatic rings. The van der Waals surface area contributed by atoms with E-state index in [-0.39, 0.29) is 13.0 Å². The van der Waals surface area contributed by atoms with Gasteiger partial charge < -0.3 is 0 Å². The minimum absolute atomic E-state index is 0.0267. The molecule has 0 aliphatic carbocycles. The molecule has 0 spiro atoms. The van der Waals surface area contributed by atoms with Crippen LogP contribution in [0.4, 0.5) is 8.78 Å². The highest BCUT2D eigenvalue weighted by molar-refractivity contribution is 4.82. The summed E-state index contributed by atoms with van der Waals surface area (Å²) in [6.07, 6.45) is 2.33. The van der Waals surface area contributed by atoms with Crippen LogP contribution in [0, 0.1) is 5.92 Å². The predicted octanol–water partition coefficient (Wildman–Crippen LogP) is 2.76. The third-order valence-electron chi connectivity index (χ3n) is 2.60. The fraction of sp³-hybridized carbons (Fsp3) is 1.00. The lowest BCUT2D eigenvalue weighted by Crippen LogP contribution is -2.29. The number of nitrogens with zero attached hydrogens (tertiary/aromatic N) is 1. The molecule has 78 valence electrons. The summed E-state index contributed by atoms with van der Waals surface area (Å²) in [5, 5.41) is 0. The molecular weight excluding hydrogens is 172 g/mol. The van der Waals surface area contributed by atoms with Gasteiger partial charge in [-0.3, -0.25) is 4.90 Å². The monoisotopic (exact) mass is 191 g/mol. The summed E-state index contributed by atoms with van der Waals surface area (Å²) in [5.74, 6) is -1.87. The Morgan fingerprint density at radius 2 is 2.15 bits per heavy atom. The van der Waals surface area contributed by atoms with Crippen LogP contribution in [-0.4, -0.2) is 30.5 Å². The fourth-order valence-corrected chi connectivity index (χ4v) is 1.99. The molecule has 1 saturated heterocycles. The Bertz CT molecular complexity index is 159. The van der Waals surface area contributed by atoms with E-state index in [0.29, 0.717) is 12.5 Å². The summed E-state index contributed by atoms with van der Waals surface area (Å²) >= 11 is 0. The van der Waals surface area contributed by atoms with Gasteiger partial charge in [0.05, 0.1) is 6.54 Å². The van der Waals surface area contributed by atoms with Crippen LogP contribution >= 0.6 is 0 Å². The number of likely N-dealkylation sites (tertiary alicyclic amines) is 1. The number of hydrogen-bond donors (Lipinski definition) is 0. The molecule has 0 radical (unpaired) electrons. The van der Waals surface area contributed by atoms with Gasteiger partial charge in [0.2, 0.25) is 0 Å². The van der Waals surface area contributed by atoms with Crippen LogP contribution in [0.1, 0.15) is 33.1 Å². The summed E-state index contributed by atoms with van der Waals surface area (Å²) in [6.45, 7) is 5.65. The summed E-state index contributed by atoms with van der Waals surface area (Å²) in [4.78, 5) is 1.89. The quantitative estimate of drug-likeness (QED) is 0.660. The molecule has 1 aliphatic heterocycles. The van der Waals surface area contributed by atoms with E-state index in [0.717, 1.165) is 19.4 Å². The third kappa shape index (κ3) is 3.59. The van der Waals surface area contributed by atoms with Gasteiger partial charge in [-0.2, -0.15) is 0 Å². The van der Waals surface area contributed by atoms with E-state index in [1.165, 1.54) is 0 Å². The van der Waals surface area contributed by atoms with Crippen LogP contribution in [0.25, 0.3) is 0 Å². The normalized spacial score (nSPS) is 24.9. The zero-order chi connectivity index (χ0) is 9.90. The highest BCUT2D eigenvalue weighted by Crippen LogP contribution is 2.27. The van der Waals surface area contributed by atoms with Gasteiger partial charge in [0.1, 0.15) is 0 Å². The highest BCUT2D eigenvalue weighted by Gasteiger charge is 2.38. The third-order valence-corrected chi connectivity index (χ3v) is 2.60. The summed E-state index contributed by atoms with van der Waals surface area (Å²) in [7, 11) is 0. The summed E-state index contributed by atoms with van der Waals surface area (Å²) in [6, 6.07) is 0. The first-order valence-corrected chi connectivity index (χ1v) is 5.13. The first-order chi connectivity index (χ1) is 6.03. The van der Waals surface area contributed by atoms with Gasteiger partial charge in [0.15, 0.2) is 0 Å². The van der Waals surface area contributed by atoms with Crippen LogP contribution in [0.15, 0.2) is 0 Å². The molecule has 0 saturated carbocycles. The van der Waals surface area contributed by atoms with Gasteiger partial charge in [-0.1, -0.05) is 20.3 Å². The van der Waals surface area contributed by atoms with Crippen molar-refractivity contribution < 1.29 is 8.78 Å². The molecule has 0 amide bonds. The number of halogens is 2.